The van der Waals surface area contributed by atoms with Crippen LogP contribution < -0.4 is 0 Å². The van der Waals surface area contributed by atoms with Gasteiger partial charge in [0.05, 0.1) is 6.10 Å². The van der Waals surface area contributed by atoms with Gasteiger partial charge in [-0.1, -0.05) is 11.6 Å². The average Bonchev–Trinajstić information content (AvgIpc) is 2.32. The van der Waals surface area contributed by atoms with E-state index >= 15 is 0 Å². The van der Waals surface area contributed by atoms with Gasteiger partial charge in [0.25, 0.3) is 5.06 Å². The number of halogens is 1. The van der Waals surface area contributed by atoms with Gasteiger partial charge in [0.2, 0.25) is 0 Å². The second-order valence-corrected chi connectivity index (χ2v) is 4.19. The van der Waals surface area contributed by atoms with Crippen LogP contribution in [0.3, 0.4) is 0 Å². The van der Waals surface area contributed by atoms with E-state index < -0.39 is 16.6 Å². The van der Waals surface area contributed by atoms with Gasteiger partial charge in [0, 0.05) is 0 Å². The second kappa shape index (κ2) is 2.60. The molecule has 0 spiro atoms. The van der Waals surface area contributed by atoms with Crippen LogP contribution in [0.15, 0.2) is 0 Å². The average molecular weight is 193 g/mol. The number of rotatable bonds is 2. The lowest BCUT2D eigenvalue weighted by molar-refractivity contribution is -0.150. The van der Waals surface area contributed by atoms with E-state index in [1.807, 2.05) is 0 Å². The summed E-state index contributed by atoms with van der Waals surface area (Å²) in [5.41, 5.74) is -0.597. The van der Waals surface area contributed by atoms with Crippen LogP contribution in [0.4, 0.5) is 0 Å². The van der Waals surface area contributed by atoms with Gasteiger partial charge in [-0.2, -0.15) is 0 Å². The van der Waals surface area contributed by atoms with E-state index in [0.29, 0.717) is 0 Å². The lowest BCUT2D eigenvalue weighted by atomic mass is 10.1. The molecule has 1 rings (SSSR count). The number of carbonyl (C=O) groups excluding carboxylic acids is 1. The van der Waals surface area contributed by atoms with Crippen LogP contribution >= 0.6 is 11.6 Å². The fraction of sp³-hybridized carbons (Fsp3) is 0.875. The summed E-state index contributed by atoms with van der Waals surface area (Å²) in [6.45, 7) is 7.05. The zero-order valence-electron chi connectivity index (χ0n) is 7.68. The third-order valence-corrected chi connectivity index (χ3v) is 2.42. The van der Waals surface area contributed by atoms with Crippen molar-refractivity contribution in [3.63, 3.8) is 0 Å². The molecule has 4 heteroatoms. The molecule has 1 unspecified atom stereocenters. The molecule has 1 atom stereocenters. The fourth-order valence-corrected chi connectivity index (χ4v) is 1.14. The Hall–Kier alpha value is -0.280. The summed E-state index contributed by atoms with van der Waals surface area (Å²) in [7, 11) is 0. The molecule has 0 saturated carbocycles. The SMILES string of the molecule is CC(C)OC(=O)C1(Cl)OC1(C)C. The number of alkyl halides is 1. The van der Waals surface area contributed by atoms with Gasteiger partial charge in [-0.3, -0.25) is 0 Å². The van der Waals surface area contributed by atoms with E-state index in [2.05, 4.69) is 0 Å². The molecular weight excluding hydrogens is 180 g/mol. The maximum Gasteiger partial charge on any atom is 0.357 e. The smallest absolute Gasteiger partial charge is 0.357 e. The van der Waals surface area contributed by atoms with Crippen molar-refractivity contribution < 1.29 is 14.3 Å². The van der Waals surface area contributed by atoms with E-state index in [4.69, 9.17) is 21.1 Å². The molecule has 0 aromatic heterocycles. The van der Waals surface area contributed by atoms with Gasteiger partial charge >= 0.3 is 5.97 Å². The van der Waals surface area contributed by atoms with Crippen LogP contribution in [0, 0.1) is 0 Å². The van der Waals surface area contributed by atoms with E-state index in [-0.39, 0.29) is 6.10 Å². The van der Waals surface area contributed by atoms with E-state index in [0.717, 1.165) is 0 Å². The van der Waals surface area contributed by atoms with Crippen molar-refractivity contribution in [2.75, 3.05) is 0 Å². The van der Waals surface area contributed by atoms with Gasteiger partial charge in [-0.25, -0.2) is 4.79 Å². The molecule has 1 aliphatic heterocycles. The first-order valence-corrected chi connectivity index (χ1v) is 4.27. The molecule has 0 aromatic rings. The monoisotopic (exact) mass is 192 g/mol. The summed E-state index contributed by atoms with van der Waals surface area (Å²) in [6.07, 6.45) is -0.159. The molecular formula is C8H13ClO3. The standard InChI is InChI=1S/C8H13ClO3/c1-5(2)11-6(10)8(9)7(3,4)12-8/h5H,1-4H3. The van der Waals surface area contributed by atoms with Crippen molar-refractivity contribution >= 4 is 17.6 Å². The maximum atomic E-state index is 11.3. The maximum absolute atomic E-state index is 11.3. The number of carbonyl (C=O) groups is 1. The normalized spacial score (nSPS) is 31.8. The predicted molar refractivity (Wildman–Crippen MR) is 45.0 cm³/mol. The number of hydrogen-bond donors (Lipinski definition) is 0. The summed E-state index contributed by atoms with van der Waals surface area (Å²) in [6, 6.07) is 0. The van der Waals surface area contributed by atoms with Gasteiger partial charge in [-0.05, 0) is 27.7 Å². The molecule has 0 amide bonds. The Labute approximate surface area is 77.0 Å². The van der Waals surface area contributed by atoms with Crippen LogP contribution in [-0.4, -0.2) is 22.7 Å². The Kier molecular flexibility index (Phi) is 2.13. The molecule has 1 heterocycles. The minimum atomic E-state index is -1.25. The predicted octanol–water partition coefficient (Wildman–Crippen LogP) is 1.68. The van der Waals surface area contributed by atoms with Crippen LogP contribution in [0.2, 0.25) is 0 Å². The molecule has 0 aromatic carbocycles. The molecule has 1 fully saturated rings. The van der Waals surface area contributed by atoms with Crippen LogP contribution in [0.25, 0.3) is 0 Å². The molecule has 0 aliphatic carbocycles. The molecule has 0 N–H and O–H groups in total. The highest BCUT2D eigenvalue weighted by Crippen LogP contribution is 2.51. The topological polar surface area (TPSA) is 38.8 Å². The molecule has 70 valence electrons. The van der Waals surface area contributed by atoms with Crippen LogP contribution in [0.5, 0.6) is 0 Å². The van der Waals surface area contributed by atoms with Gasteiger partial charge in [-0.15, -0.1) is 0 Å². The van der Waals surface area contributed by atoms with E-state index in [9.17, 15) is 4.79 Å². The lowest BCUT2D eigenvalue weighted by Gasteiger charge is -2.10. The van der Waals surface area contributed by atoms with Crippen molar-refractivity contribution in [2.24, 2.45) is 0 Å². The Morgan fingerprint density at radius 2 is 1.92 bits per heavy atom. The summed E-state index contributed by atoms with van der Waals surface area (Å²) < 4.78 is 9.96. The zero-order chi connectivity index (χ0) is 9.57. The van der Waals surface area contributed by atoms with Crippen molar-refractivity contribution in [3.05, 3.63) is 0 Å². The Bertz CT molecular complexity index is 212. The van der Waals surface area contributed by atoms with Crippen molar-refractivity contribution in [3.8, 4) is 0 Å². The number of hydrogen-bond acceptors (Lipinski definition) is 3. The Morgan fingerprint density at radius 1 is 1.50 bits per heavy atom. The second-order valence-electron chi connectivity index (χ2n) is 3.66. The molecule has 0 radical (unpaired) electrons. The minimum Gasteiger partial charge on any atom is -0.460 e. The summed E-state index contributed by atoms with van der Waals surface area (Å²) in [5, 5.41) is -1.25. The largest absolute Gasteiger partial charge is 0.460 e. The van der Waals surface area contributed by atoms with E-state index in [1.165, 1.54) is 0 Å². The van der Waals surface area contributed by atoms with Crippen LogP contribution in [-0.2, 0) is 14.3 Å². The molecule has 0 bridgehead atoms. The summed E-state index contributed by atoms with van der Waals surface area (Å²) in [5.74, 6) is -0.496. The Morgan fingerprint density at radius 3 is 2.17 bits per heavy atom. The first-order valence-electron chi connectivity index (χ1n) is 3.90. The molecule has 12 heavy (non-hydrogen) atoms. The lowest BCUT2D eigenvalue weighted by Crippen LogP contribution is -2.29. The van der Waals surface area contributed by atoms with E-state index in [1.54, 1.807) is 27.7 Å². The van der Waals surface area contributed by atoms with Gasteiger partial charge in [0.15, 0.2) is 0 Å². The highest BCUT2D eigenvalue weighted by Gasteiger charge is 2.70. The highest BCUT2D eigenvalue weighted by molar-refractivity contribution is 6.35. The highest BCUT2D eigenvalue weighted by atomic mass is 35.5. The van der Waals surface area contributed by atoms with Gasteiger partial charge < -0.3 is 9.47 Å². The third kappa shape index (κ3) is 1.43. The quantitative estimate of drug-likeness (QED) is 0.380. The molecule has 1 aliphatic rings. The summed E-state index contributed by atoms with van der Waals surface area (Å²) >= 11 is 5.83. The Balaban J connectivity index is 2.56. The van der Waals surface area contributed by atoms with Crippen molar-refractivity contribution in [2.45, 2.75) is 44.5 Å². The number of ether oxygens (including phenoxy) is 2. The van der Waals surface area contributed by atoms with Gasteiger partial charge in [0.1, 0.15) is 5.60 Å². The van der Waals surface area contributed by atoms with Crippen molar-refractivity contribution in [1.29, 1.82) is 0 Å². The molecule has 1 saturated heterocycles. The fourth-order valence-electron chi connectivity index (χ4n) is 0.903. The zero-order valence-corrected chi connectivity index (χ0v) is 8.44. The first-order chi connectivity index (χ1) is 5.29. The first kappa shape index (κ1) is 9.81. The summed E-state index contributed by atoms with van der Waals surface area (Å²) in [4.78, 5) is 11.3. The van der Waals surface area contributed by atoms with Crippen LogP contribution in [0.1, 0.15) is 27.7 Å². The third-order valence-electron chi connectivity index (χ3n) is 1.73. The molecule has 3 nitrogen and oxygen atoms in total. The number of esters is 1. The minimum absolute atomic E-state index is 0.159. The van der Waals surface area contributed by atoms with Crippen molar-refractivity contribution in [1.82, 2.24) is 0 Å². The number of epoxide rings is 1.